The van der Waals surface area contributed by atoms with Gasteiger partial charge in [0.25, 0.3) is 0 Å². The molecule has 0 aromatic heterocycles. The van der Waals surface area contributed by atoms with E-state index in [9.17, 15) is 13.2 Å². The Bertz CT molecular complexity index is 455. The number of allylic oxidation sites excluding steroid dienone is 1. The van der Waals surface area contributed by atoms with Crippen molar-refractivity contribution < 1.29 is 35.1 Å². The van der Waals surface area contributed by atoms with E-state index < -0.39 is 6.36 Å². The Balaban J connectivity index is 2.28. The fourth-order valence-electron chi connectivity index (χ4n) is 1.68. The van der Waals surface area contributed by atoms with E-state index in [0.717, 1.165) is 24.0 Å². The molecule has 0 saturated heterocycles. The van der Waals surface area contributed by atoms with E-state index in [-0.39, 0.29) is 23.0 Å². The van der Waals surface area contributed by atoms with Gasteiger partial charge in [-0.05, 0) is 0 Å². The van der Waals surface area contributed by atoms with Crippen LogP contribution >= 0.6 is 18.6 Å². The Morgan fingerprint density at radius 3 is 2.65 bits per heavy atom. The number of halogens is 5. The molecular formula is C11H8F3I2O-. The molecule has 1 nitrogen and oxygen atoms in total. The van der Waals surface area contributed by atoms with E-state index in [1.54, 1.807) is 6.07 Å². The summed E-state index contributed by atoms with van der Waals surface area (Å²) in [4.78, 5) is 0. The molecule has 0 bridgehead atoms. The Kier molecular flexibility index (Phi) is 4.22. The molecule has 0 spiro atoms. The number of hydrogen-bond donors (Lipinski definition) is 0. The standard InChI is InChI=1S/C11H8F3I2O/c12-11(13,14)17-10-4-2-7-1-3-9(16-15)5-8(7)6-10/h2,4-6H,1,3H2/q-1. The Morgan fingerprint density at radius 1 is 1.24 bits per heavy atom. The second-order valence-corrected chi connectivity index (χ2v) is 8.10. The number of hydrogen-bond acceptors (Lipinski definition) is 1. The van der Waals surface area contributed by atoms with Crippen LogP contribution in [0, 0.1) is 0 Å². The predicted octanol–water partition coefficient (Wildman–Crippen LogP) is 1.31. The van der Waals surface area contributed by atoms with Crippen LogP contribution in [0.4, 0.5) is 13.2 Å². The van der Waals surface area contributed by atoms with Crippen LogP contribution < -0.4 is 22.0 Å². The quantitative estimate of drug-likeness (QED) is 0.597. The summed E-state index contributed by atoms with van der Waals surface area (Å²) in [5.41, 5.74) is 1.96. The fourth-order valence-corrected chi connectivity index (χ4v) is 4.77. The summed E-state index contributed by atoms with van der Waals surface area (Å²) in [6, 6.07) is 4.57. The molecule has 2 rings (SSSR count). The zero-order valence-electron chi connectivity index (χ0n) is 8.52. The second-order valence-electron chi connectivity index (χ2n) is 3.57. The first-order valence-corrected chi connectivity index (χ1v) is 12.2. The molecule has 0 N–H and O–H groups in total. The van der Waals surface area contributed by atoms with Crippen LogP contribution in [0.2, 0.25) is 0 Å². The first-order chi connectivity index (χ1) is 7.98. The van der Waals surface area contributed by atoms with Crippen LogP contribution in [0.15, 0.2) is 21.8 Å². The van der Waals surface area contributed by atoms with Crippen molar-refractivity contribution in [2.45, 2.75) is 19.2 Å². The molecule has 0 amide bonds. The normalized spacial score (nSPS) is 15.4. The van der Waals surface area contributed by atoms with Gasteiger partial charge in [-0.3, -0.25) is 0 Å². The van der Waals surface area contributed by atoms with Gasteiger partial charge in [-0.25, -0.2) is 0 Å². The summed E-state index contributed by atoms with van der Waals surface area (Å²) in [7, 11) is 0. The zero-order valence-corrected chi connectivity index (χ0v) is 12.8. The molecule has 0 heterocycles. The zero-order chi connectivity index (χ0) is 12.5. The molecule has 0 unspecified atom stereocenters. The Hall–Kier alpha value is 0.0100. The van der Waals surface area contributed by atoms with Crippen molar-refractivity contribution in [1.82, 2.24) is 0 Å². The molecule has 94 valence electrons. The van der Waals surface area contributed by atoms with Crippen LogP contribution in [-0.2, 0) is 6.42 Å². The number of fused-ring (bicyclic) bond motifs is 1. The van der Waals surface area contributed by atoms with Gasteiger partial charge >= 0.3 is 118 Å². The van der Waals surface area contributed by atoms with E-state index in [2.05, 4.69) is 23.4 Å². The minimum atomic E-state index is -4.62. The molecule has 0 radical (unpaired) electrons. The molecule has 1 aromatic rings. The van der Waals surface area contributed by atoms with Crippen molar-refractivity contribution in [2.75, 3.05) is 0 Å². The van der Waals surface area contributed by atoms with E-state index >= 15 is 0 Å². The fraction of sp³-hybridized carbons (Fsp3) is 0.273. The van der Waals surface area contributed by atoms with E-state index in [1.807, 2.05) is 6.08 Å². The maximum absolute atomic E-state index is 12.1. The molecule has 0 saturated carbocycles. The van der Waals surface area contributed by atoms with Crippen LogP contribution in [0.25, 0.3) is 6.08 Å². The summed E-state index contributed by atoms with van der Waals surface area (Å²) in [5, 5.41) is 0. The monoisotopic (exact) mass is 467 g/mol. The number of rotatable bonds is 2. The van der Waals surface area contributed by atoms with E-state index in [1.165, 1.54) is 15.7 Å². The Morgan fingerprint density at radius 2 is 2.00 bits per heavy atom. The second kappa shape index (κ2) is 5.33. The Labute approximate surface area is 117 Å². The van der Waals surface area contributed by atoms with Gasteiger partial charge in [0.2, 0.25) is 0 Å². The van der Waals surface area contributed by atoms with E-state index in [4.69, 9.17) is 0 Å². The molecule has 0 aliphatic heterocycles. The van der Waals surface area contributed by atoms with Crippen molar-refractivity contribution in [3.8, 4) is 5.75 Å². The van der Waals surface area contributed by atoms with Gasteiger partial charge in [0, 0.05) is 0 Å². The van der Waals surface area contributed by atoms with Crippen molar-refractivity contribution in [3.05, 3.63) is 32.9 Å². The van der Waals surface area contributed by atoms with Gasteiger partial charge in [-0.2, -0.15) is 0 Å². The molecule has 1 aromatic carbocycles. The van der Waals surface area contributed by atoms with Gasteiger partial charge in [0.05, 0.1) is 0 Å². The topological polar surface area (TPSA) is 9.23 Å². The van der Waals surface area contributed by atoms with Gasteiger partial charge in [-0.1, -0.05) is 0 Å². The molecule has 0 fully saturated rings. The van der Waals surface area contributed by atoms with Crippen LogP contribution in [-0.4, -0.2) is 6.36 Å². The van der Waals surface area contributed by atoms with Crippen LogP contribution in [0.5, 0.6) is 5.75 Å². The molecule has 1 aliphatic carbocycles. The van der Waals surface area contributed by atoms with Crippen molar-refractivity contribution >= 4 is 24.7 Å². The third kappa shape index (κ3) is 3.73. The maximum atomic E-state index is 12.1. The molecule has 0 atom stereocenters. The SMILES string of the molecule is FC(F)(F)Oc1ccc2c(c1)C=C([I-]I)CC2. The summed E-state index contributed by atoms with van der Waals surface area (Å²) < 4.78 is 41.5. The third-order valence-electron chi connectivity index (χ3n) is 2.39. The summed E-state index contributed by atoms with van der Waals surface area (Å²) in [5.74, 6) is -0.139. The van der Waals surface area contributed by atoms with E-state index in [0.29, 0.717) is 0 Å². The third-order valence-corrected chi connectivity index (χ3v) is 7.28. The number of alkyl halides is 3. The summed E-state index contributed by atoms with van der Waals surface area (Å²) in [6.45, 7) is 0. The van der Waals surface area contributed by atoms with Gasteiger partial charge in [-0.15, -0.1) is 0 Å². The van der Waals surface area contributed by atoms with Crippen molar-refractivity contribution in [3.63, 3.8) is 0 Å². The molecule has 1 aliphatic rings. The minimum absolute atomic E-state index is 0.00923. The van der Waals surface area contributed by atoms with Crippen molar-refractivity contribution in [2.24, 2.45) is 0 Å². The average Bonchev–Trinajstić information content (AvgIpc) is 2.26. The molecule has 17 heavy (non-hydrogen) atoms. The first kappa shape index (κ1) is 13.4. The molecule has 6 heteroatoms. The predicted molar refractivity (Wildman–Crippen MR) is 63.4 cm³/mol. The van der Waals surface area contributed by atoms with Crippen LogP contribution in [0.3, 0.4) is 0 Å². The first-order valence-electron chi connectivity index (χ1n) is 4.83. The number of ether oxygens (including phenoxy) is 1. The van der Waals surface area contributed by atoms with Gasteiger partial charge < -0.3 is 0 Å². The summed E-state index contributed by atoms with van der Waals surface area (Å²) in [6.07, 6.45) is -0.674. The summed E-state index contributed by atoms with van der Waals surface area (Å²) >= 11 is 2.36. The van der Waals surface area contributed by atoms with Crippen LogP contribution in [0.1, 0.15) is 17.5 Å². The number of aryl methyl sites for hydroxylation is 1. The van der Waals surface area contributed by atoms with Crippen molar-refractivity contribution in [1.29, 1.82) is 0 Å². The number of benzene rings is 1. The van der Waals surface area contributed by atoms with Gasteiger partial charge in [0.1, 0.15) is 0 Å². The average molecular weight is 467 g/mol. The van der Waals surface area contributed by atoms with Gasteiger partial charge in [0.15, 0.2) is 0 Å². The molecular weight excluding hydrogens is 459 g/mol.